The van der Waals surface area contributed by atoms with Crippen LogP contribution in [0.5, 0.6) is 0 Å². The molecule has 1 aromatic heterocycles. The normalized spacial score (nSPS) is 10.4. The van der Waals surface area contributed by atoms with Gasteiger partial charge in [-0.25, -0.2) is 4.98 Å². The first-order valence-corrected chi connectivity index (χ1v) is 8.08. The number of rotatable bonds is 6. The molecule has 1 N–H and O–H groups in total. The lowest BCUT2D eigenvalue weighted by Gasteiger charge is -2.17. The molecule has 2 aromatic carbocycles. The average molecular weight is 318 g/mol. The smallest absolute Gasteiger partial charge is 0.227 e. The molecule has 0 spiro atoms. The van der Waals surface area contributed by atoms with Crippen molar-refractivity contribution in [3.8, 4) is 0 Å². The van der Waals surface area contributed by atoms with Gasteiger partial charge in [0.15, 0.2) is 0 Å². The van der Waals surface area contributed by atoms with Crippen LogP contribution in [-0.2, 0) is 13.1 Å². The molecule has 0 radical (unpaired) electrons. The fraction of sp³-hybridized carbons (Fsp3) is 0.200. The number of aryl methyl sites for hydroxylation is 1. The zero-order valence-electron chi connectivity index (χ0n) is 14.1. The molecule has 3 rings (SSSR count). The Morgan fingerprint density at radius 3 is 2.42 bits per heavy atom. The van der Waals surface area contributed by atoms with Crippen molar-refractivity contribution in [3.05, 3.63) is 83.6 Å². The first-order chi connectivity index (χ1) is 11.7. The van der Waals surface area contributed by atoms with Crippen molar-refractivity contribution in [2.45, 2.75) is 20.0 Å². The molecule has 0 fully saturated rings. The van der Waals surface area contributed by atoms with Crippen molar-refractivity contribution in [2.24, 2.45) is 0 Å². The number of anilines is 2. The predicted molar refractivity (Wildman–Crippen MR) is 99.1 cm³/mol. The van der Waals surface area contributed by atoms with Gasteiger partial charge in [0.25, 0.3) is 0 Å². The van der Waals surface area contributed by atoms with Gasteiger partial charge in [0, 0.05) is 26.3 Å². The Hall–Kier alpha value is -2.88. The van der Waals surface area contributed by atoms with Gasteiger partial charge in [-0.3, -0.25) is 0 Å². The second-order valence-corrected chi connectivity index (χ2v) is 5.92. The number of hydrogen-bond acceptors (Lipinski definition) is 4. The highest BCUT2D eigenvalue weighted by molar-refractivity contribution is 5.42. The van der Waals surface area contributed by atoms with E-state index in [1.165, 1.54) is 16.7 Å². The first-order valence-electron chi connectivity index (χ1n) is 8.08. The highest BCUT2D eigenvalue weighted by atomic mass is 15.2. The summed E-state index contributed by atoms with van der Waals surface area (Å²) in [5.74, 6) is 1.55. The Bertz CT molecular complexity index is 769. The van der Waals surface area contributed by atoms with Crippen molar-refractivity contribution in [2.75, 3.05) is 17.3 Å². The summed E-state index contributed by atoms with van der Waals surface area (Å²) in [4.78, 5) is 11.0. The minimum absolute atomic E-state index is 0.716. The molecule has 0 aliphatic heterocycles. The topological polar surface area (TPSA) is 41.1 Å². The van der Waals surface area contributed by atoms with Gasteiger partial charge in [-0.1, -0.05) is 60.2 Å². The summed E-state index contributed by atoms with van der Waals surface area (Å²) in [6.07, 6.45) is 1.79. The van der Waals surface area contributed by atoms with E-state index in [-0.39, 0.29) is 0 Å². The molecule has 122 valence electrons. The zero-order chi connectivity index (χ0) is 16.8. The maximum atomic E-state index is 4.61. The summed E-state index contributed by atoms with van der Waals surface area (Å²) < 4.78 is 0. The van der Waals surface area contributed by atoms with Crippen LogP contribution in [0.4, 0.5) is 11.8 Å². The van der Waals surface area contributed by atoms with E-state index in [1.807, 2.05) is 36.2 Å². The lowest BCUT2D eigenvalue weighted by molar-refractivity contribution is 0.865. The molecule has 0 saturated carbocycles. The lowest BCUT2D eigenvalue weighted by Crippen LogP contribution is -2.19. The van der Waals surface area contributed by atoms with Crippen molar-refractivity contribution in [1.82, 2.24) is 9.97 Å². The quantitative estimate of drug-likeness (QED) is 0.745. The van der Waals surface area contributed by atoms with E-state index in [2.05, 4.69) is 58.6 Å². The summed E-state index contributed by atoms with van der Waals surface area (Å²) in [5.41, 5.74) is 3.74. The van der Waals surface area contributed by atoms with Crippen molar-refractivity contribution >= 4 is 11.8 Å². The molecule has 0 aliphatic rings. The molecule has 0 saturated heterocycles. The van der Waals surface area contributed by atoms with Crippen LogP contribution in [0.15, 0.2) is 66.9 Å². The molecule has 24 heavy (non-hydrogen) atoms. The lowest BCUT2D eigenvalue weighted by atomic mass is 10.1. The molecule has 0 aliphatic carbocycles. The minimum atomic E-state index is 0.716. The van der Waals surface area contributed by atoms with Gasteiger partial charge < -0.3 is 10.2 Å². The summed E-state index contributed by atoms with van der Waals surface area (Å²) in [6.45, 7) is 3.62. The number of aromatic nitrogens is 2. The summed E-state index contributed by atoms with van der Waals surface area (Å²) in [7, 11) is 2.01. The molecule has 1 heterocycles. The molecular weight excluding hydrogens is 296 g/mol. The molecule has 4 heteroatoms. The minimum Gasteiger partial charge on any atom is -0.366 e. The van der Waals surface area contributed by atoms with E-state index in [9.17, 15) is 0 Å². The van der Waals surface area contributed by atoms with Crippen LogP contribution in [0.3, 0.4) is 0 Å². The van der Waals surface area contributed by atoms with Crippen LogP contribution < -0.4 is 10.2 Å². The fourth-order valence-corrected chi connectivity index (χ4v) is 2.46. The summed E-state index contributed by atoms with van der Waals surface area (Å²) >= 11 is 0. The van der Waals surface area contributed by atoms with Crippen molar-refractivity contribution in [3.63, 3.8) is 0 Å². The SMILES string of the molecule is Cc1ccc(CNc2ccnc(N(C)Cc3ccccc3)n2)cc1. The maximum absolute atomic E-state index is 4.61. The Labute approximate surface area is 143 Å². The van der Waals surface area contributed by atoms with Gasteiger partial charge in [0.05, 0.1) is 0 Å². The van der Waals surface area contributed by atoms with Gasteiger partial charge in [-0.05, 0) is 24.1 Å². The number of benzene rings is 2. The van der Waals surface area contributed by atoms with Gasteiger partial charge in [0.2, 0.25) is 5.95 Å². The van der Waals surface area contributed by atoms with Gasteiger partial charge >= 0.3 is 0 Å². The molecule has 0 bridgehead atoms. The standard InChI is InChI=1S/C20H22N4/c1-16-8-10-17(11-9-16)14-22-19-12-13-21-20(23-19)24(2)15-18-6-4-3-5-7-18/h3-13H,14-15H2,1-2H3,(H,21,22,23). The second-order valence-electron chi connectivity index (χ2n) is 5.92. The first kappa shape index (κ1) is 16.0. The maximum Gasteiger partial charge on any atom is 0.227 e. The third-order valence-electron chi connectivity index (χ3n) is 3.84. The van der Waals surface area contributed by atoms with Gasteiger partial charge in [-0.15, -0.1) is 0 Å². The number of hydrogen-bond donors (Lipinski definition) is 1. The molecule has 3 aromatic rings. The van der Waals surface area contributed by atoms with Gasteiger partial charge in [0.1, 0.15) is 5.82 Å². The summed E-state index contributed by atoms with van der Waals surface area (Å²) in [6, 6.07) is 20.7. The highest BCUT2D eigenvalue weighted by Gasteiger charge is 2.06. The van der Waals surface area contributed by atoms with Crippen molar-refractivity contribution < 1.29 is 0 Å². The Morgan fingerprint density at radius 1 is 0.917 bits per heavy atom. The molecule has 4 nitrogen and oxygen atoms in total. The number of nitrogens with zero attached hydrogens (tertiary/aromatic N) is 3. The second kappa shape index (κ2) is 7.59. The van der Waals surface area contributed by atoms with Crippen molar-refractivity contribution in [1.29, 1.82) is 0 Å². The van der Waals surface area contributed by atoms with E-state index >= 15 is 0 Å². The van der Waals surface area contributed by atoms with Crippen LogP contribution in [0.25, 0.3) is 0 Å². The molecule has 0 unspecified atom stereocenters. The Morgan fingerprint density at radius 2 is 1.67 bits per heavy atom. The zero-order valence-corrected chi connectivity index (χ0v) is 14.1. The van der Waals surface area contributed by atoms with E-state index in [1.54, 1.807) is 6.20 Å². The number of nitrogens with one attached hydrogen (secondary N) is 1. The Balaban J connectivity index is 1.64. The molecule has 0 atom stereocenters. The Kier molecular flexibility index (Phi) is 5.06. The summed E-state index contributed by atoms with van der Waals surface area (Å²) in [5, 5.41) is 3.36. The third kappa shape index (κ3) is 4.32. The van der Waals surface area contributed by atoms with Crippen LogP contribution in [-0.4, -0.2) is 17.0 Å². The van der Waals surface area contributed by atoms with E-state index in [4.69, 9.17) is 0 Å². The van der Waals surface area contributed by atoms with E-state index in [0.29, 0.717) is 5.95 Å². The van der Waals surface area contributed by atoms with Gasteiger partial charge in [-0.2, -0.15) is 4.98 Å². The van der Waals surface area contributed by atoms with Crippen LogP contribution in [0.1, 0.15) is 16.7 Å². The van der Waals surface area contributed by atoms with Crippen LogP contribution in [0.2, 0.25) is 0 Å². The predicted octanol–water partition coefficient (Wildman–Crippen LogP) is 4.03. The van der Waals surface area contributed by atoms with E-state index < -0.39 is 0 Å². The highest BCUT2D eigenvalue weighted by Crippen LogP contribution is 2.13. The average Bonchev–Trinajstić information content (AvgIpc) is 2.62. The third-order valence-corrected chi connectivity index (χ3v) is 3.84. The van der Waals surface area contributed by atoms with Crippen LogP contribution >= 0.6 is 0 Å². The van der Waals surface area contributed by atoms with Crippen LogP contribution in [0, 0.1) is 6.92 Å². The fourth-order valence-electron chi connectivity index (χ4n) is 2.46. The molecule has 0 amide bonds. The molecular formula is C20H22N4. The largest absolute Gasteiger partial charge is 0.366 e. The monoisotopic (exact) mass is 318 g/mol. The van der Waals surface area contributed by atoms with E-state index in [0.717, 1.165) is 18.9 Å².